The van der Waals surface area contributed by atoms with E-state index in [0.29, 0.717) is 11.0 Å². The lowest BCUT2D eigenvalue weighted by Crippen LogP contribution is -2.52. The summed E-state index contributed by atoms with van der Waals surface area (Å²) < 4.78 is 0. The van der Waals surface area contributed by atoms with Crippen LogP contribution >= 0.6 is 11.6 Å². The van der Waals surface area contributed by atoms with E-state index in [0.717, 1.165) is 17.5 Å². The van der Waals surface area contributed by atoms with E-state index in [1.165, 1.54) is 5.56 Å². The zero-order chi connectivity index (χ0) is 18.4. The van der Waals surface area contributed by atoms with Crippen molar-refractivity contribution in [2.24, 2.45) is 16.7 Å². The van der Waals surface area contributed by atoms with Crippen LogP contribution in [0.4, 0.5) is 0 Å². The molecule has 0 radical (unpaired) electrons. The highest BCUT2D eigenvalue weighted by Gasteiger charge is 2.31. The molecule has 2 aromatic rings. The van der Waals surface area contributed by atoms with Crippen LogP contribution in [-0.4, -0.2) is 11.0 Å². The number of hydrogen-bond acceptors (Lipinski definition) is 5. The fourth-order valence-corrected chi connectivity index (χ4v) is 3.22. The fraction of sp³-hybridized carbons (Fsp3) is 0.316. The molecule has 1 heterocycles. The highest BCUT2D eigenvalue weighted by Crippen LogP contribution is 2.38. The molecule has 0 saturated heterocycles. The summed E-state index contributed by atoms with van der Waals surface area (Å²) in [6.45, 7) is 6.07. The molecule has 2 aromatic carbocycles. The van der Waals surface area contributed by atoms with Gasteiger partial charge in [-0.2, -0.15) is 0 Å². The van der Waals surface area contributed by atoms with E-state index in [9.17, 15) is 0 Å². The fourth-order valence-electron chi connectivity index (χ4n) is 2.96. The molecule has 134 valence electrons. The molecule has 0 aliphatic carbocycles. The van der Waals surface area contributed by atoms with Crippen LogP contribution in [0.3, 0.4) is 0 Å². The number of nitrogens with one attached hydrogen (secondary N) is 1. The maximum Gasteiger partial charge on any atom is 0.224 e. The summed E-state index contributed by atoms with van der Waals surface area (Å²) in [5.74, 6) is 12.3. The number of hydrazine groups is 2. The van der Waals surface area contributed by atoms with Gasteiger partial charge in [0, 0.05) is 11.4 Å². The Labute approximate surface area is 154 Å². The number of hydrogen-bond donors (Lipinski definition) is 3. The van der Waals surface area contributed by atoms with Gasteiger partial charge in [0.25, 0.3) is 0 Å². The minimum atomic E-state index is -0.0993. The van der Waals surface area contributed by atoms with Gasteiger partial charge in [-0.05, 0) is 24.1 Å². The number of nitrogens with two attached hydrogens (primary N) is 2. The quantitative estimate of drug-likeness (QED) is 0.562. The Morgan fingerprint density at radius 2 is 1.88 bits per heavy atom. The van der Waals surface area contributed by atoms with Crippen molar-refractivity contribution < 1.29 is 0 Å². The van der Waals surface area contributed by atoms with E-state index in [2.05, 4.69) is 35.5 Å². The van der Waals surface area contributed by atoms with Crippen LogP contribution in [-0.2, 0) is 0 Å². The first kappa shape index (κ1) is 19.2. The summed E-state index contributed by atoms with van der Waals surface area (Å²) in [5, 5.41) is 2.24. The van der Waals surface area contributed by atoms with Gasteiger partial charge in [-0.3, -0.25) is 10.4 Å². The molecule has 0 saturated carbocycles. The van der Waals surface area contributed by atoms with Gasteiger partial charge in [-0.25, -0.2) is 16.7 Å². The summed E-state index contributed by atoms with van der Waals surface area (Å²) >= 11 is 6.36. The van der Waals surface area contributed by atoms with Crippen molar-refractivity contribution in [3.63, 3.8) is 0 Å². The Kier molecular flexibility index (Phi) is 6.82. The predicted octanol–water partition coefficient (Wildman–Crippen LogP) is 3.86. The minimum absolute atomic E-state index is 0.0259. The summed E-state index contributed by atoms with van der Waals surface area (Å²) in [6.07, 6.45) is 0.731. The molecule has 1 aliphatic rings. The largest absolute Gasteiger partial charge is 0.293 e. The van der Waals surface area contributed by atoms with Crippen LogP contribution in [0.1, 0.15) is 49.0 Å². The molecular formula is C19H26ClN5. The summed E-state index contributed by atoms with van der Waals surface area (Å²) in [4.78, 5) is 4.64. The molecule has 0 amide bonds. The molecule has 0 bridgehead atoms. The van der Waals surface area contributed by atoms with Crippen molar-refractivity contribution in [3.05, 3.63) is 70.2 Å². The van der Waals surface area contributed by atoms with E-state index in [1.807, 2.05) is 44.2 Å². The smallest absolute Gasteiger partial charge is 0.224 e. The normalized spacial score (nSPS) is 19.6. The van der Waals surface area contributed by atoms with Crippen molar-refractivity contribution in [3.8, 4) is 0 Å². The van der Waals surface area contributed by atoms with Gasteiger partial charge in [-0.1, -0.05) is 73.5 Å². The van der Waals surface area contributed by atoms with Crippen molar-refractivity contribution in [1.82, 2.24) is 10.4 Å². The van der Waals surface area contributed by atoms with Gasteiger partial charge < -0.3 is 0 Å². The van der Waals surface area contributed by atoms with Crippen LogP contribution in [0.25, 0.3) is 0 Å². The number of aryl methyl sites for hydroxylation is 1. The standard InChI is InChI=1S/C17H20ClN5.C2H6/c1-11-5-4-6-12(9-11)15-10-16(23(20)17(21-15)22-19)13-7-2-3-8-14(13)18;1-2/h2-9,15-16H,10,19-20H2,1H3,(H,21,22);1-2H3. The molecule has 5 nitrogen and oxygen atoms in total. The molecule has 5 N–H and O–H groups in total. The molecule has 0 spiro atoms. The van der Waals surface area contributed by atoms with Crippen molar-refractivity contribution in [2.75, 3.05) is 0 Å². The van der Waals surface area contributed by atoms with Gasteiger partial charge in [0.1, 0.15) is 0 Å². The van der Waals surface area contributed by atoms with Gasteiger partial charge in [-0.15, -0.1) is 0 Å². The molecule has 2 unspecified atom stereocenters. The lowest BCUT2D eigenvalue weighted by Gasteiger charge is -2.37. The van der Waals surface area contributed by atoms with Crippen LogP contribution in [0, 0.1) is 6.92 Å². The summed E-state index contributed by atoms with van der Waals surface area (Å²) in [6, 6.07) is 15.9. The number of nitrogens with zero attached hydrogens (tertiary/aromatic N) is 2. The van der Waals surface area contributed by atoms with Crippen LogP contribution in [0.5, 0.6) is 0 Å². The first-order valence-electron chi connectivity index (χ1n) is 8.49. The second-order valence-corrected chi connectivity index (χ2v) is 6.11. The van der Waals surface area contributed by atoms with Crippen LogP contribution < -0.4 is 17.1 Å². The lowest BCUT2D eigenvalue weighted by molar-refractivity contribution is 0.260. The van der Waals surface area contributed by atoms with Crippen LogP contribution in [0.2, 0.25) is 5.02 Å². The molecule has 2 atom stereocenters. The second kappa shape index (κ2) is 8.85. The zero-order valence-electron chi connectivity index (χ0n) is 14.9. The molecular weight excluding hydrogens is 334 g/mol. The van der Waals surface area contributed by atoms with Crippen molar-refractivity contribution >= 4 is 17.6 Å². The molecule has 6 heteroatoms. The van der Waals surface area contributed by atoms with E-state index in [-0.39, 0.29) is 12.1 Å². The van der Waals surface area contributed by atoms with Gasteiger partial charge in [0.2, 0.25) is 5.96 Å². The monoisotopic (exact) mass is 359 g/mol. The maximum absolute atomic E-state index is 6.36. The Balaban J connectivity index is 0.00000109. The Bertz CT molecular complexity index is 731. The molecule has 0 aromatic heterocycles. The maximum atomic E-state index is 6.36. The number of benzene rings is 2. The second-order valence-electron chi connectivity index (χ2n) is 5.71. The third-order valence-corrected chi connectivity index (χ3v) is 4.47. The van der Waals surface area contributed by atoms with E-state index in [1.54, 1.807) is 5.01 Å². The van der Waals surface area contributed by atoms with Gasteiger partial charge in [0.05, 0.1) is 12.1 Å². The Morgan fingerprint density at radius 3 is 2.52 bits per heavy atom. The van der Waals surface area contributed by atoms with Crippen LogP contribution in [0.15, 0.2) is 53.5 Å². The Hall–Kier alpha value is -2.08. The van der Waals surface area contributed by atoms with Crippen molar-refractivity contribution in [2.45, 2.75) is 39.3 Å². The van der Waals surface area contributed by atoms with Crippen molar-refractivity contribution in [1.29, 1.82) is 0 Å². The number of rotatable bonds is 2. The third-order valence-electron chi connectivity index (χ3n) is 4.13. The third kappa shape index (κ3) is 4.31. The summed E-state index contributed by atoms with van der Waals surface area (Å²) in [7, 11) is 0. The molecule has 1 aliphatic heterocycles. The Morgan fingerprint density at radius 1 is 1.16 bits per heavy atom. The molecule has 0 fully saturated rings. The average Bonchev–Trinajstić information content (AvgIpc) is 2.64. The summed E-state index contributed by atoms with van der Waals surface area (Å²) in [5.41, 5.74) is 5.90. The highest BCUT2D eigenvalue weighted by molar-refractivity contribution is 6.31. The van der Waals surface area contributed by atoms with E-state index >= 15 is 0 Å². The molecule has 3 rings (SSSR count). The first-order valence-corrected chi connectivity index (χ1v) is 8.87. The number of halogens is 1. The minimum Gasteiger partial charge on any atom is -0.293 e. The zero-order valence-corrected chi connectivity index (χ0v) is 15.7. The molecule has 25 heavy (non-hydrogen) atoms. The van der Waals surface area contributed by atoms with Gasteiger partial charge in [0.15, 0.2) is 0 Å². The first-order chi connectivity index (χ1) is 12.1. The number of guanidine groups is 1. The van der Waals surface area contributed by atoms with Gasteiger partial charge >= 0.3 is 0 Å². The van der Waals surface area contributed by atoms with E-state index in [4.69, 9.17) is 23.3 Å². The SMILES string of the molecule is CC.Cc1cccc(C2CC(c3ccccc3Cl)N(N)C(NN)=N2)c1. The van der Waals surface area contributed by atoms with E-state index < -0.39 is 0 Å². The lowest BCUT2D eigenvalue weighted by atomic mass is 9.93. The topological polar surface area (TPSA) is 79.7 Å². The highest BCUT2D eigenvalue weighted by atomic mass is 35.5. The number of aliphatic imine (C=N–C) groups is 1. The average molecular weight is 360 g/mol. The predicted molar refractivity (Wildman–Crippen MR) is 105 cm³/mol.